The number of hydrogen-bond donors (Lipinski definition) is 1. The van der Waals surface area contributed by atoms with Crippen LogP contribution in [0.2, 0.25) is 0 Å². The molecule has 0 saturated heterocycles. The number of aliphatic carboxylic acids is 1. The normalized spacial score (nSPS) is 12.0. The van der Waals surface area contributed by atoms with Gasteiger partial charge in [0.1, 0.15) is 23.9 Å². The van der Waals surface area contributed by atoms with Gasteiger partial charge in [-0.25, -0.2) is 4.39 Å². The highest BCUT2D eigenvalue weighted by Gasteiger charge is 2.21. The molecule has 0 aliphatic rings. The zero-order chi connectivity index (χ0) is 24.9. The molecule has 0 aromatic heterocycles. The van der Waals surface area contributed by atoms with Gasteiger partial charge in [-0.15, -0.1) is 6.42 Å². The molecule has 3 aromatic carbocycles. The number of carboxylic acid groups (broad SMARTS) is 1. The summed E-state index contributed by atoms with van der Waals surface area (Å²) >= 11 is 0. The van der Waals surface area contributed by atoms with Gasteiger partial charge in [0.05, 0.1) is 19.4 Å². The highest BCUT2D eigenvalue weighted by Crippen LogP contribution is 2.37. The summed E-state index contributed by atoms with van der Waals surface area (Å²) in [5.41, 5.74) is 3.75. The average molecular weight is 461 g/mol. The van der Waals surface area contributed by atoms with Crippen molar-refractivity contribution < 1.29 is 23.8 Å². The smallest absolute Gasteiger partial charge is 0.304 e. The molecular weight excluding hydrogens is 431 g/mol. The number of rotatable bonds is 8. The third-order valence-corrected chi connectivity index (χ3v) is 5.62. The SMILES string of the molecule is C#C[C@H](CC(=O)O)c1ccc(OCc2ccc(C(C)(C)C)c(-c3cc(OC)ccc3F)c2)cc1. The fourth-order valence-corrected chi connectivity index (χ4v) is 3.81. The van der Waals surface area contributed by atoms with Crippen LogP contribution in [0.5, 0.6) is 11.5 Å². The topological polar surface area (TPSA) is 55.8 Å². The van der Waals surface area contributed by atoms with Gasteiger partial charge < -0.3 is 14.6 Å². The van der Waals surface area contributed by atoms with Crippen LogP contribution in [0.1, 0.15) is 49.8 Å². The van der Waals surface area contributed by atoms with E-state index in [2.05, 4.69) is 26.7 Å². The van der Waals surface area contributed by atoms with E-state index < -0.39 is 11.9 Å². The van der Waals surface area contributed by atoms with Crippen LogP contribution < -0.4 is 9.47 Å². The average Bonchev–Trinajstić information content (AvgIpc) is 2.81. The van der Waals surface area contributed by atoms with Gasteiger partial charge in [-0.1, -0.05) is 51.0 Å². The summed E-state index contributed by atoms with van der Waals surface area (Å²) in [6, 6.07) is 17.8. The van der Waals surface area contributed by atoms with Crippen molar-refractivity contribution >= 4 is 5.97 Å². The lowest BCUT2D eigenvalue weighted by molar-refractivity contribution is -0.137. The van der Waals surface area contributed by atoms with E-state index >= 15 is 0 Å². The van der Waals surface area contributed by atoms with Gasteiger partial charge in [0.2, 0.25) is 0 Å². The highest BCUT2D eigenvalue weighted by molar-refractivity contribution is 5.71. The van der Waals surface area contributed by atoms with E-state index in [0.717, 1.165) is 22.3 Å². The van der Waals surface area contributed by atoms with Gasteiger partial charge in [0.25, 0.3) is 0 Å². The van der Waals surface area contributed by atoms with Crippen LogP contribution in [0.15, 0.2) is 60.7 Å². The van der Waals surface area contributed by atoms with Crippen molar-refractivity contribution in [2.45, 2.75) is 45.1 Å². The molecule has 1 atom stereocenters. The summed E-state index contributed by atoms with van der Waals surface area (Å²) in [6.07, 6.45) is 5.36. The number of carboxylic acids is 1. The Morgan fingerprint density at radius 2 is 1.71 bits per heavy atom. The molecule has 0 bridgehead atoms. The molecule has 0 heterocycles. The highest BCUT2D eigenvalue weighted by atomic mass is 19.1. The lowest BCUT2D eigenvalue weighted by atomic mass is 9.81. The Morgan fingerprint density at radius 3 is 2.29 bits per heavy atom. The number of carbonyl (C=O) groups is 1. The molecule has 0 saturated carbocycles. The molecule has 34 heavy (non-hydrogen) atoms. The molecule has 0 aliphatic carbocycles. The third kappa shape index (κ3) is 5.96. The molecule has 0 spiro atoms. The number of hydrogen-bond acceptors (Lipinski definition) is 3. The van der Waals surface area contributed by atoms with Crippen molar-refractivity contribution in [2.75, 3.05) is 7.11 Å². The number of terminal acetylenes is 1. The van der Waals surface area contributed by atoms with Crippen molar-refractivity contribution in [3.63, 3.8) is 0 Å². The van der Waals surface area contributed by atoms with Crippen LogP contribution in [0.25, 0.3) is 11.1 Å². The molecule has 0 unspecified atom stereocenters. The first-order chi connectivity index (χ1) is 16.1. The predicted molar refractivity (Wildman–Crippen MR) is 132 cm³/mol. The minimum absolute atomic E-state index is 0.125. The van der Waals surface area contributed by atoms with Crippen molar-refractivity contribution in [3.8, 4) is 35.0 Å². The lowest BCUT2D eigenvalue weighted by Crippen LogP contribution is -2.13. The van der Waals surface area contributed by atoms with Gasteiger partial charge in [0, 0.05) is 5.56 Å². The van der Waals surface area contributed by atoms with E-state index in [4.69, 9.17) is 21.0 Å². The predicted octanol–water partition coefficient (Wildman–Crippen LogP) is 6.57. The van der Waals surface area contributed by atoms with Gasteiger partial charge in [0.15, 0.2) is 0 Å². The Bertz CT molecular complexity index is 1200. The van der Waals surface area contributed by atoms with Crippen LogP contribution in [-0.2, 0) is 16.8 Å². The molecular formula is C29H29FO4. The Labute approximate surface area is 200 Å². The molecule has 176 valence electrons. The Kier molecular flexibility index (Phi) is 7.63. The first kappa shape index (κ1) is 24.9. The molecule has 1 N–H and O–H groups in total. The molecule has 4 nitrogen and oxygen atoms in total. The summed E-state index contributed by atoms with van der Waals surface area (Å²) < 4.78 is 26.1. The second kappa shape index (κ2) is 10.4. The standard InChI is InChI=1S/C29H29FO4/c1-6-20(16-28(31)32)21-8-10-22(11-9-21)34-18-19-7-13-26(29(2,3)4)24(15-19)25-17-23(33-5)12-14-27(25)30/h1,7-15,17,20H,16,18H2,2-5H3,(H,31,32)/t20-/m1/s1. The second-order valence-corrected chi connectivity index (χ2v) is 9.15. The minimum Gasteiger partial charge on any atom is -0.497 e. The minimum atomic E-state index is -0.940. The molecule has 0 radical (unpaired) electrons. The maximum atomic E-state index is 14.8. The fourth-order valence-electron chi connectivity index (χ4n) is 3.81. The van der Waals surface area contributed by atoms with E-state index in [-0.39, 0.29) is 24.3 Å². The first-order valence-electron chi connectivity index (χ1n) is 11.0. The van der Waals surface area contributed by atoms with Crippen LogP contribution in [0.3, 0.4) is 0 Å². The number of halogens is 1. The van der Waals surface area contributed by atoms with E-state index in [1.807, 2.05) is 18.2 Å². The fraction of sp³-hybridized carbons (Fsp3) is 0.276. The van der Waals surface area contributed by atoms with Crippen molar-refractivity contribution in [1.29, 1.82) is 0 Å². The quantitative estimate of drug-likeness (QED) is 0.386. The maximum absolute atomic E-state index is 14.8. The Balaban J connectivity index is 1.86. The summed E-state index contributed by atoms with van der Waals surface area (Å²) in [5, 5.41) is 9.01. The van der Waals surface area contributed by atoms with Crippen LogP contribution in [-0.4, -0.2) is 18.2 Å². The second-order valence-electron chi connectivity index (χ2n) is 9.15. The summed E-state index contributed by atoms with van der Waals surface area (Å²) in [7, 11) is 1.56. The monoisotopic (exact) mass is 460 g/mol. The van der Waals surface area contributed by atoms with E-state index in [1.54, 1.807) is 43.5 Å². The summed E-state index contributed by atoms with van der Waals surface area (Å²) in [5.74, 6) is 1.99. The van der Waals surface area contributed by atoms with Crippen molar-refractivity contribution in [3.05, 3.63) is 83.2 Å². The summed E-state index contributed by atoms with van der Waals surface area (Å²) in [4.78, 5) is 11.0. The molecule has 0 fully saturated rings. The first-order valence-corrected chi connectivity index (χ1v) is 11.0. The maximum Gasteiger partial charge on any atom is 0.304 e. The van der Waals surface area contributed by atoms with Crippen molar-refractivity contribution in [2.24, 2.45) is 0 Å². The largest absolute Gasteiger partial charge is 0.497 e. The third-order valence-electron chi connectivity index (χ3n) is 5.62. The van der Waals surface area contributed by atoms with Crippen LogP contribution in [0.4, 0.5) is 4.39 Å². The van der Waals surface area contributed by atoms with Crippen LogP contribution >= 0.6 is 0 Å². The lowest BCUT2D eigenvalue weighted by Gasteiger charge is -2.24. The molecule has 0 amide bonds. The number of methoxy groups -OCH3 is 1. The van der Waals surface area contributed by atoms with E-state index in [1.165, 1.54) is 6.07 Å². The van der Waals surface area contributed by atoms with Crippen molar-refractivity contribution in [1.82, 2.24) is 0 Å². The molecule has 3 aromatic rings. The molecule has 3 rings (SSSR count). The Hall–Kier alpha value is -3.78. The zero-order valence-corrected chi connectivity index (χ0v) is 19.9. The van der Waals surface area contributed by atoms with Gasteiger partial charge in [-0.3, -0.25) is 4.79 Å². The van der Waals surface area contributed by atoms with E-state index in [0.29, 0.717) is 17.1 Å². The number of ether oxygens (including phenoxy) is 2. The van der Waals surface area contributed by atoms with Gasteiger partial charge in [-0.05, 0) is 64.1 Å². The molecule has 5 heteroatoms. The molecule has 0 aliphatic heterocycles. The van der Waals surface area contributed by atoms with Crippen LogP contribution in [0, 0.1) is 18.2 Å². The number of benzene rings is 3. The summed E-state index contributed by atoms with van der Waals surface area (Å²) in [6.45, 7) is 6.57. The Morgan fingerprint density at radius 1 is 1.03 bits per heavy atom. The van der Waals surface area contributed by atoms with E-state index in [9.17, 15) is 9.18 Å². The van der Waals surface area contributed by atoms with Gasteiger partial charge >= 0.3 is 5.97 Å². The zero-order valence-electron chi connectivity index (χ0n) is 19.9. The van der Waals surface area contributed by atoms with Gasteiger partial charge in [-0.2, -0.15) is 0 Å².